The zero-order valence-corrected chi connectivity index (χ0v) is 13.5. The molecular formula is C13H16BrClF4N2. The van der Waals surface area contributed by atoms with Crippen LogP contribution in [0.25, 0.3) is 0 Å². The highest BCUT2D eigenvalue weighted by atomic mass is 79.9. The number of hydrogen-bond donors (Lipinski definition) is 1. The molecule has 1 aliphatic heterocycles. The molecule has 8 heteroatoms. The van der Waals surface area contributed by atoms with Crippen molar-refractivity contribution in [3.05, 3.63) is 34.1 Å². The Bertz CT molecular complexity index is 444. The lowest BCUT2D eigenvalue weighted by atomic mass is 10.0. The van der Waals surface area contributed by atoms with Gasteiger partial charge in [-0.15, -0.1) is 12.4 Å². The predicted molar refractivity (Wildman–Crippen MR) is 79.2 cm³/mol. The van der Waals surface area contributed by atoms with Gasteiger partial charge in [-0.3, -0.25) is 4.90 Å². The Morgan fingerprint density at radius 2 is 1.81 bits per heavy atom. The summed E-state index contributed by atoms with van der Waals surface area (Å²) in [4.78, 5) is 1.76. The van der Waals surface area contributed by atoms with Crippen LogP contribution in [0.3, 0.4) is 0 Å². The highest BCUT2D eigenvalue weighted by Gasteiger charge is 2.36. The van der Waals surface area contributed by atoms with Crippen LogP contribution < -0.4 is 5.32 Å². The van der Waals surface area contributed by atoms with Crippen molar-refractivity contribution in [2.75, 3.05) is 26.2 Å². The summed E-state index contributed by atoms with van der Waals surface area (Å²) >= 11 is 3.13. The number of rotatable bonds is 3. The molecular weight excluding hydrogens is 376 g/mol. The van der Waals surface area contributed by atoms with E-state index in [1.165, 1.54) is 12.1 Å². The minimum Gasteiger partial charge on any atom is -0.314 e. The van der Waals surface area contributed by atoms with Gasteiger partial charge in [0.1, 0.15) is 5.82 Å². The maximum atomic E-state index is 13.4. The van der Waals surface area contributed by atoms with Crippen LogP contribution in [0, 0.1) is 5.82 Å². The molecule has 2 rings (SSSR count). The Morgan fingerprint density at radius 1 is 1.19 bits per heavy atom. The monoisotopic (exact) mass is 390 g/mol. The van der Waals surface area contributed by atoms with Gasteiger partial charge >= 0.3 is 6.18 Å². The molecule has 0 radical (unpaired) electrons. The molecule has 21 heavy (non-hydrogen) atoms. The van der Waals surface area contributed by atoms with E-state index in [0.29, 0.717) is 36.2 Å². The van der Waals surface area contributed by atoms with E-state index in [0.717, 1.165) is 0 Å². The quantitative estimate of drug-likeness (QED) is 0.786. The third-order valence-electron chi connectivity index (χ3n) is 3.29. The van der Waals surface area contributed by atoms with Crippen LogP contribution in [0.5, 0.6) is 0 Å². The minimum atomic E-state index is -4.28. The van der Waals surface area contributed by atoms with Gasteiger partial charge in [-0.2, -0.15) is 13.2 Å². The number of benzene rings is 1. The lowest BCUT2D eigenvalue weighted by Gasteiger charge is -2.35. The maximum Gasteiger partial charge on any atom is 0.390 e. The molecule has 1 atom stereocenters. The van der Waals surface area contributed by atoms with Crippen molar-refractivity contribution < 1.29 is 17.6 Å². The summed E-state index contributed by atoms with van der Waals surface area (Å²) in [6.07, 6.45) is -5.25. The molecule has 1 aromatic rings. The summed E-state index contributed by atoms with van der Waals surface area (Å²) in [5.41, 5.74) is 0.358. The Morgan fingerprint density at radius 3 is 2.33 bits per heavy atom. The summed E-state index contributed by atoms with van der Waals surface area (Å²) in [5.74, 6) is -0.531. The normalized spacial score (nSPS) is 18.1. The fourth-order valence-corrected chi connectivity index (χ4v) is 2.92. The van der Waals surface area contributed by atoms with Crippen LogP contribution in [0.4, 0.5) is 17.6 Å². The van der Waals surface area contributed by atoms with Crippen molar-refractivity contribution in [3.63, 3.8) is 0 Å². The average Bonchev–Trinajstić information content (AvgIpc) is 2.35. The summed E-state index contributed by atoms with van der Waals surface area (Å²) < 4.78 is 52.3. The fourth-order valence-electron chi connectivity index (χ4n) is 2.44. The van der Waals surface area contributed by atoms with Gasteiger partial charge < -0.3 is 5.32 Å². The van der Waals surface area contributed by atoms with E-state index < -0.39 is 24.5 Å². The molecule has 2 nitrogen and oxygen atoms in total. The smallest absolute Gasteiger partial charge is 0.314 e. The van der Waals surface area contributed by atoms with Gasteiger partial charge in [0.2, 0.25) is 0 Å². The molecule has 1 heterocycles. The maximum absolute atomic E-state index is 13.4. The third kappa shape index (κ3) is 5.73. The van der Waals surface area contributed by atoms with Crippen molar-refractivity contribution in [2.24, 2.45) is 0 Å². The minimum absolute atomic E-state index is 0. The van der Waals surface area contributed by atoms with Crippen LogP contribution in [-0.2, 0) is 0 Å². The van der Waals surface area contributed by atoms with E-state index in [-0.39, 0.29) is 12.4 Å². The zero-order chi connectivity index (χ0) is 14.8. The molecule has 0 bridgehead atoms. The van der Waals surface area contributed by atoms with E-state index in [1.807, 2.05) is 0 Å². The van der Waals surface area contributed by atoms with E-state index in [1.54, 1.807) is 11.0 Å². The second-order valence-corrected chi connectivity index (χ2v) is 5.74. The first kappa shape index (κ1) is 18.7. The first-order chi connectivity index (χ1) is 9.35. The molecule has 1 fully saturated rings. The van der Waals surface area contributed by atoms with Gasteiger partial charge in [0.05, 0.1) is 6.42 Å². The summed E-state index contributed by atoms with van der Waals surface area (Å²) in [6.45, 7) is 2.33. The Hall–Kier alpha value is -0.370. The van der Waals surface area contributed by atoms with Crippen LogP contribution in [0.1, 0.15) is 18.0 Å². The van der Waals surface area contributed by atoms with Crippen LogP contribution in [0.2, 0.25) is 0 Å². The third-order valence-corrected chi connectivity index (χ3v) is 3.74. The van der Waals surface area contributed by atoms with Crippen molar-refractivity contribution in [3.8, 4) is 0 Å². The van der Waals surface area contributed by atoms with Crippen molar-refractivity contribution in [1.29, 1.82) is 0 Å². The van der Waals surface area contributed by atoms with Crippen molar-refractivity contribution in [1.82, 2.24) is 10.2 Å². The second kappa shape index (κ2) is 7.76. The van der Waals surface area contributed by atoms with Gasteiger partial charge in [-0.1, -0.05) is 15.9 Å². The Labute approximate surface area is 135 Å². The average molecular weight is 392 g/mol. The lowest BCUT2D eigenvalue weighted by Crippen LogP contribution is -2.46. The fraction of sp³-hybridized carbons (Fsp3) is 0.538. The van der Waals surface area contributed by atoms with E-state index in [4.69, 9.17) is 0 Å². The standard InChI is InChI=1S/C13H15BrF4N2.ClH/c14-10-5-9(6-11(15)7-10)12(8-13(16,17)18)20-3-1-19-2-4-20;/h5-7,12,19H,1-4,8H2;1H/t12-;/m1./s1. The van der Waals surface area contributed by atoms with Crippen LogP contribution in [0.15, 0.2) is 22.7 Å². The van der Waals surface area contributed by atoms with Crippen LogP contribution >= 0.6 is 28.3 Å². The molecule has 1 N–H and O–H groups in total. The Kier molecular flexibility index (Phi) is 6.90. The molecule has 0 aromatic heterocycles. The molecule has 1 aromatic carbocycles. The zero-order valence-electron chi connectivity index (χ0n) is 11.1. The van der Waals surface area contributed by atoms with E-state index in [9.17, 15) is 17.6 Å². The number of halogens is 6. The number of alkyl halides is 3. The number of nitrogens with zero attached hydrogens (tertiary/aromatic N) is 1. The first-order valence-corrected chi connectivity index (χ1v) is 7.12. The topological polar surface area (TPSA) is 15.3 Å². The lowest BCUT2D eigenvalue weighted by molar-refractivity contribution is -0.148. The highest BCUT2D eigenvalue weighted by molar-refractivity contribution is 9.10. The van der Waals surface area contributed by atoms with Crippen molar-refractivity contribution in [2.45, 2.75) is 18.6 Å². The van der Waals surface area contributed by atoms with E-state index >= 15 is 0 Å². The summed E-state index contributed by atoms with van der Waals surface area (Å²) in [6, 6.07) is 3.14. The van der Waals surface area contributed by atoms with Gasteiger partial charge in [-0.05, 0) is 23.8 Å². The molecule has 1 saturated heterocycles. The second-order valence-electron chi connectivity index (χ2n) is 4.82. The van der Waals surface area contributed by atoms with Gasteiger partial charge in [0.15, 0.2) is 0 Å². The molecule has 0 spiro atoms. The SMILES string of the molecule is Cl.Fc1cc(Br)cc([C@@H](CC(F)(F)F)N2CCNCC2)c1. The molecule has 0 saturated carbocycles. The predicted octanol–water partition coefficient (Wildman–Crippen LogP) is 3.91. The van der Waals surface area contributed by atoms with Gasteiger partial charge in [0.25, 0.3) is 0 Å². The molecule has 120 valence electrons. The molecule has 0 aliphatic carbocycles. The van der Waals surface area contributed by atoms with Gasteiger partial charge in [0, 0.05) is 36.7 Å². The highest BCUT2D eigenvalue weighted by Crippen LogP contribution is 2.35. The van der Waals surface area contributed by atoms with Crippen molar-refractivity contribution >= 4 is 28.3 Å². The molecule has 0 unspecified atom stereocenters. The van der Waals surface area contributed by atoms with Crippen LogP contribution in [-0.4, -0.2) is 37.3 Å². The largest absolute Gasteiger partial charge is 0.390 e. The molecule has 0 amide bonds. The Balaban J connectivity index is 0.00000220. The molecule has 1 aliphatic rings. The summed E-state index contributed by atoms with van der Waals surface area (Å²) in [7, 11) is 0. The number of nitrogens with one attached hydrogen (secondary N) is 1. The number of piperazine rings is 1. The summed E-state index contributed by atoms with van der Waals surface area (Å²) in [5, 5.41) is 3.10. The van der Waals surface area contributed by atoms with Gasteiger partial charge in [-0.25, -0.2) is 4.39 Å². The number of hydrogen-bond acceptors (Lipinski definition) is 2. The van der Waals surface area contributed by atoms with E-state index in [2.05, 4.69) is 21.2 Å². The first-order valence-electron chi connectivity index (χ1n) is 6.33.